The van der Waals surface area contributed by atoms with Crippen LogP contribution in [0.5, 0.6) is 0 Å². The van der Waals surface area contributed by atoms with Gasteiger partial charge >= 0.3 is 0 Å². The first-order valence-corrected chi connectivity index (χ1v) is 8.02. The van der Waals surface area contributed by atoms with Crippen molar-refractivity contribution in [3.05, 3.63) is 35.4 Å². The number of unbranched alkanes of at least 4 members (excludes halogenated alkanes) is 3. The Hall–Kier alpha value is -0.860. The highest BCUT2D eigenvalue weighted by molar-refractivity contribution is 5.24. The second-order valence-electron chi connectivity index (χ2n) is 5.99. The van der Waals surface area contributed by atoms with E-state index in [1.165, 1.54) is 36.8 Å². The van der Waals surface area contributed by atoms with Crippen molar-refractivity contribution in [1.82, 2.24) is 0 Å². The maximum absolute atomic E-state index is 6.19. The molecule has 0 fully saturated rings. The SMILES string of the molecule is CCCCCCC(C)OC(c1ccc(C)cc1)C(C)N. The molecule has 2 N–H and O–H groups in total. The fourth-order valence-corrected chi connectivity index (χ4v) is 2.44. The van der Waals surface area contributed by atoms with Crippen molar-refractivity contribution in [1.29, 1.82) is 0 Å². The van der Waals surface area contributed by atoms with Crippen molar-refractivity contribution >= 4 is 0 Å². The van der Waals surface area contributed by atoms with Gasteiger partial charge < -0.3 is 10.5 Å². The molecule has 3 atom stereocenters. The van der Waals surface area contributed by atoms with Crippen LogP contribution in [0.25, 0.3) is 0 Å². The summed E-state index contributed by atoms with van der Waals surface area (Å²) < 4.78 is 6.19. The zero-order valence-corrected chi connectivity index (χ0v) is 13.6. The van der Waals surface area contributed by atoms with Gasteiger partial charge in [0.1, 0.15) is 0 Å². The molecule has 1 rings (SSSR count). The number of nitrogens with two attached hydrogens (primary N) is 1. The van der Waals surface area contributed by atoms with Crippen LogP contribution in [0.3, 0.4) is 0 Å². The number of rotatable bonds is 9. The summed E-state index contributed by atoms with van der Waals surface area (Å²) in [6.45, 7) is 8.52. The van der Waals surface area contributed by atoms with Crippen LogP contribution in [0.15, 0.2) is 24.3 Å². The molecule has 0 saturated heterocycles. The molecular weight excluding hydrogens is 246 g/mol. The number of ether oxygens (including phenoxy) is 1. The van der Waals surface area contributed by atoms with Crippen molar-refractivity contribution in [2.45, 2.75) is 78.0 Å². The summed E-state index contributed by atoms with van der Waals surface area (Å²) in [5.74, 6) is 0. The Morgan fingerprint density at radius 1 is 1.05 bits per heavy atom. The molecule has 0 aliphatic rings. The molecule has 1 aromatic carbocycles. The fourth-order valence-electron chi connectivity index (χ4n) is 2.44. The minimum atomic E-state index is -0.00299. The first kappa shape index (κ1) is 17.2. The molecule has 0 spiro atoms. The van der Waals surface area contributed by atoms with Gasteiger partial charge in [0.2, 0.25) is 0 Å². The van der Waals surface area contributed by atoms with Crippen LogP contribution in [0.2, 0.25) is 0 Å². The molecule has 0 aliphatic heterocycles. The lowest BCUT2D eigenvalue weighted by Gasteiger charge is -2.26. The Bertz CT molecular complexity index is 358. The second-order valence-corrected chi connectivity index (χ2v) is 5.99. The molecule has 2 heteroatoms. The summed E-state index contributed by atoms with van der Waals surface area (Å²) in [7, 11) is 0. The summed E-state index contributed by atoms with van der Waals surface area (Å²) >= 11 is 0. The van der Waals surface area contributed by atoms with Crippen LogP contribution < -0.4 is 5.73 Å². The molecule has 20 heavy (non-hydrogen) atoms. The highest BCUT2D eigenvalue weighted by Crippen LogP contribution is 2.24. The zero-order chi connectivity index (χ0) is 15.0. The molecule has 114 valence electrons. The van der Waals surface area contributed by atoms with Crippen molar-refractivity contribution in [2.75, 3.05) is 0 Å². The zero-order valence-electron chi connectivity index (χ0n) is 13.6. The molecule has 0 amide bonds. The number of aryl methyl sites for hydroxylation is 1. The summed E-state index contributed by atoms with van der Waals surface area (Å²) in [6, 6.07) is 8.52. The average Bonchev–Trinajstić information content (AvgIpc) is 2.42. The quantitative estimate of drug-likeness (QED) is 0.661. The third kappa shape index (κ3) is 6.06. The third-order valence-electron chi connectivity index (χ3n) is 3.73. The lowest BCUT2D eigenvalue weighted by atomic mass is 10.0. The highest BCUT2D eigenvalue weighted by Gasteiger charge is 2.19. The van der Waals surface area contributed by atoms with E-state index in [4.69, 9.17) is 10.5 Å². The molecule has 0 radical (unpaired) electrons. The van der Waals surface area contributed by atoms with Crippen molar-refractivity contribution in [3.63, 3.8) is 0 Å². The molecule has 0 aliphatic carbocycles. The van der Waals surface area contributed by atoms with Crippen LogP contribution in [-0.4, -0.2) is 12.1 Å². The Labute approximate surface area is 124 Å². The van der Waals surface area contributed by atoms with Crippen molar-refractivity contribution < 1.29 is 4.74 Å². The molecule has 2 nitrogen and oxygen atoms in total. The number of benzene rings is 1. The van der Waals surface area contributed by atoms with Gasteiger partial charge in [-0.05, 0) is 32.8 Å². The van der Waals surface area contributed by atoms with E-state index in [0.717, 1.165) is 6.42 Å². The summed E-state index contributed by atoms with van der Waals surface area (Å²) in [5, 5.41) is 0. The van der Waals surface area contributed by atoms with Crippen LogP contribution in [0.1, 0.15) is 70.1 Å². The monoisotopic (exact) mass is 277 g/mol. The smallest absolute Gasteiger partial charge is 0.0976 e. The minimum absolute atomic E-state index is 0.00299. The maximum Gasteiger partial charge on any atom is 0.0976 e. The minimum Gasteiger partial charge on any atom is -0.369 e. The van der Waals surface area contributed by atoms with Crippen LogP contribution >= 0.6 is 0 Å². The molecule has 1 aromatic rings. The van der Waals surface area contributed by atoms with Gasteiger partial charge in [0, 0.05) is 6.04 Å². The van der Waals surface area contributed by atoms with E-state index < -0.39 is 0 Å². The Morgan fingerprint density at radius 3 is 2.25 bits per heavy atom. The highest BCUT2D eigenvalue weighted by atomic mass is 16.5. The standard InChI is InChI=1S/C18H31NO/c1-5-6-7-8-9-15(3)20-18(16(4)19)17-12-10-14(2)11-13-17/h10-13,15-16,18H,5-9,19H2,1-4H3. The van der Waals surface area contributed by atoms with Gasteiger partial charge in [-0.3, -0.25) is 0 Å². The first-order valence-electron chi connectivity index (χ1n) is 8.02. The lowest BCUT2D eigenvalue weighted by molar-refractivity contribution is -0.0194. The Morgan fingerprint density at radius 2 is 1.70 bits per heavy atom. The molecule has 0 saturated carbocycles. The molecule has 0 heterocycles. The largest absolute Gasteiger partial charge is 0.369 e. The van der Waals surface area contributed by atoms with E-state index in [-0.39, 0.29) is 18.2 Å². The van der Waals surface area contributed by atoms with Gasteiger partial charge in [0.25, 0.3) is 0 Å². The van der Waals surface area contributed by atoms with Gasteiger partial charge in [-0.25, -0.2) is 0 Å². The third-order valence-corrected chi connectivity index (χ3v) is 3.73. The van der Waals surface area contributed by atoms with E-state index in [0.29, 0.717) is 0 Å². The van der Waals surface area contributed by atoms with Gasteiger partial charge in [-0.1, -0.05) is 62.4 Å². The fraction of sp³-hybridized carbons (Fsp3) is 0.667. The summed E-state index contributed by atoms with van der Waals surface area (Å²) in [5.41, 5.74) is 8.56. The van der Waals surface area contributed by atoms with Crippen LogP contribution in [-0.2, 0) is 4.74 Å². The lowest BCUT2D eigenvalue weighted by Crippen LogP contribution is -2.29. The van der Waals surface area contributed by atoms with Crippen LogP contribution in [0, 0.1) is 6.92 Å². The molecular formula is C18H31NO. The van der Waals surface area contributed by atoms with Crippen molar-refractivity contribution in [3.8, 4) is 0 Å². The predicted octanol–water partition coefficient (Wildman–Crippen LogP) is 4.76. The van der Waals surface area contributed by atoms with E-state index >= 15 is 0 Å². The van der Waals surface area contributed by atoms with Crippen LogP contribution in [0.4, 0.5) is 0 Å². The predicted molar refractivity (Wildman–Crippen MR) is 86.9 cm³/mol. The van der Waals surface area contributed by atoms with E-state index in [9.17, 15) is 0 Å². The normalized spacial score (nSPS) is 15.8. The maximum atomic E-state index is 6.19. The number of hydrogen-bond donors (Lipinski definition) is 1. The second kappa shape index (κ2) is 9.15. The topological polar surface area (TPSA) is 35.2 Å². The van der Waals surface area contributed by atoms with E-state index in [2.05, 4.69) is 45.0 Å². The van der Waals surface area contributed by atoms with E-state index in [1.807, 2.05) is 6.92 Å². The number of hydrogen-bond acceptors (Lipinski definition) is 2. The van der Waals surface area contributed by atoms with Gasteiger partial charge in [0.15, 0.2) is 0 Å². The summed E-state index contributed by atoms with van der Waals surface area (Å²) in [4.78, 5) is 0. The van der Waals surface area contributed by atoms with Gasteiger partial charge in [-0.15, -0.1) is 0 Å². The molecule has 3 unspecified atom stereocenters. The Balaban J connectivity index is 2.52. The molecule has 0 bridgehead atoms. The Kier molecular flexibility index (Phi) is 7.86. The summed E-state index contributed by atoms with van der Waals surface area (Å²) in [6.07, 6.45) is 6.53. The average molecular weight is 277 g/mol. The van der Waals surface area contributed by atoms with Gasteiger partial charge in [-0.2, -0.15) is 0 Å². The van der Waals surface area contributed by atoms with Crippen molar-refractivity contribution in [2.24, 2.45) is 5.73 Å². The van der Waals surface area contributed by atoms with E-state index in [1.54, 1.807) is 0 Å². The van der Waals surface area contributed by atoms with Gasteiger partial charge in [0.05, 0.1) is 12.2 Å². The molecule has 0 aromatic heterocycles. The first-order chi connectivity index (χ1) is 9.54.